The highest BCUT2D eigenvalue weighted by atomic mass is 19.3. The Labute approximate surface area is 92.1 Å². The zero-order valence-corrected chi connectivity index (χ0v) is 8.03. The van der Waals surface area contributed by atoms with E-state index in [-0.39, 0.29) is 6.07 Å². The summed E-state index contributed by atoms with van der Waals surface area (Å²) >= 11 is 0. The number of hydrogen-bond donors (Lipinski definition) is 2. The van der Waals surface area contributed by atoms with Crippen LogP contribution in [0, 0.1) is 11.6 Å². The van der Waals surface area contributed by atoms with Crippen molar-refractivity contribution in [2.45, 2.75) is 12.7 Å². The Morgan fingerprint density at radius 2 is 1.82 bits per heavy atom. The van der Waals surface area contributed by atoms with Gasteiger partial charge in [0.2, 0.25) is 0 Å². The number of alkyl halides is 2. The highest BCUT2D eigenvalue weighted by molar-refractivity contribution is 5.74. The number of ether oxygens (including phenoxy) is 1. The van der Waals surface area contributed by atoms with Gasteiger partial charge >= 0.3 is 12.6 Å². The highest BCUT2D eigenvalue weighted by Gasteiger charge is 2.23. The van der Waals surface area contributed by atoms with Crippen LogP contribution < -0.4 is 4.74 Å². The van der Waals surface area contributed by atoms with E-state index in [4.69, 9.17) is 10.2 Å². The summed E-state index contributed by atoms with van der Waals surface area (Å²) in [5, 5.41) is 17.4. The van der Waals surface area contributed by atoms with Gasteiger partial charge in [-0.3, -0.25) is 0 Å². The molecule has 1 unspecified atom stereocenters. The molecule has 1 atom stereocenters. The van der Waals surface area contributed by atoms with Gasteiger partial charge in [0.15, 0.2) is 17.7 Å². The Hall–Kier alpha value is -1.83. The largest absolute Gasteiger partial charge is 0.479 e. The average molecular weight is 254 g/mol. The lowest BCUT2D eigenvalue weighted by Gasteiger charge is -2.11. The fourth-order valence-electron chi connectivity index (χ4n) is 1.07. The lowest BCUT2D eigenvalue weighted by Crippen LogP contribution is -2.13. The second kappa shape index (κ2) is 5.00. The SMILES string of the molecule is O=C(O)C(O)c1cc(OC(F)F)c(F)cc1F. The van der Waals surface area contributed by atoms with Gasteiger partial charge in [0.1, 0.15) is 5.82 Å². The Kier molecular flexibility index (Phi) is 3.89. The van der Waals surface area contributed by atoms with Crippen molar-refractivity contribution in [3.05, 3.63) is 29.3 Å². The lowest BCUT2D eigenvalue weighted by molar-refractivity contribution is -0.147. The zero-order valence-electron chi connectivity index (χ0n) is 8.03. The van der Waals surface area contributed by atoms with Crippen molar-refractivity contribution in [1.82, 2.24) is 0 Å². The molecule has 0 radical (unpaired) electrons. The van der Waals surface area contributed by atoms with E-state index in [9.17, 15) is 22.4 Å². The van der Waals surface area contributed by atoms with Crippen LogP contribution in [0.3, 0.4) is 0 Å². The Bertz CT molecular complexity index is 435. The van der Waals surface area contributed by atoms with Crippen LogP contribution >= 0.6 is 0 Å². The number of aliphatic carboxylic acids is 1. The lowest BCUT2D eigenvalue weighted by atomic mass is 10.1. The molecule has 0 saturated carbocycles. The summed E-state index contributed by atoms with van der Waals surface area (Å²) < 4.78 is 53.4. The number of carboxylic acids is 1. The van der Waals surface area contributed by atoms with E-state index in [1.54, 1.807) is 0 Å². The molecule has 0 amide bonds. The first-order valence-corrected chi connectivity index (χ1v) is 4.17. The molecule has 4 nitrogen and oxygen atoms in total. The third-order valence-electron chi connectivity index (χ3n) is 1.80. The number of benzene rings is 1. The summed E-state index contributed by atoms with van der Waals surface area (Å²) in [6, 6.07) is 0.523. The second-order valence-electron chi connectivity index (χ2n) is 2.92. The monoisotopic (exact) mass is 254 g/mol. The van der Waals surface area contributed by atoms with Crippen molar-refractivity contribution in [2.24, 2.45) is 0 Å². The topological polar surface area (TPSA) is 66.8 Å². The number of carboxylic acid groups (broad SMARTS) is 1. The number of rotatable bonds is 4. The van der Waals surface area contributed by atoms with Crippen LogP contribution in [0.15, 0.2) is 12.1 Å². The second-order valence-corrected chi connectivity index (χ2v) is 2.92. The minimum Gasteiger partial charge on any atom is -0.479 e. The Morgan fingerprint density at radius 1 is 1.24 bits per heavy atom. The molecule has 0 bridgehead atoms. The van der Waals surface area contributed by atoms with E-state index >= 15 is 0 Å². The average Bonchev–Trinajstić information content (AvgIpc) is 2.20. The number of aliphatic hydroxyl groups excluding tert-OH is 1. The van der Waals surface area contributed by atoms with Crippen LogP contribution in [0.4, 0.5) is 17.6 Å². The molecule has 2 N–H and O–H groups in total. The predicted octanol–water partition coefficient (Wildman–Crippen LogP) is 1.68. The maximum Gasteiger partial charge on any atom is 0.387 e. The van der Waals surface area contributed by atoms with Gasteiger partial charge in [-0.2, -0.15) is 8.78 Å². The fourth-order valence-corrected chi connectivity index (χ4v) is 1.07. The highest BCUT2D eigenvalue weighted by Crippen LogP contribution is 2.27. The summed E-state index contributed by atoms with van der Waals surface area (Å²) in [6.45, 7) is -3.36. The maximum absolute atomic E-state index is 13.1. The van der Waals surface area contributed by atoms with Gasteiger partial charge in [-0.1, -0.05) is 0 Å². The van der Waals surface area contributed by atoms with Crippen LogP contribution in [-0.4, -0.2) is 22.8 Å². The quantitative estimate of drug-likeness (QED) is 0.802. The molecule has 0 spiro atoms. The van der Waals surface area contributed by atoms with Crippen LogP contribution in [0.25, 0.3) is 0 Å². The van der Waals surface area contributed by atoms with E-state index in [1.165, 1.54) is 0 Å². The van der Waals surface area contributed by atoms with E-state index in [0.717, 1.165) is 0 Å². The maximum atomic E-state index is 13.1. The van der Waals surface area contributed by atoms with Gasteiger partial charge in [-0.05, 0) is 6.07 Å². The molecule has 0 aromatic heterocycles. The molecule has 1 aromatic rings. The molecule has 94 valence electrons. The van der Waals surface area contributed by atoms with Crippen molar-refractivity contribution < 1.29 is 37.3 Å². The molecular formula is C9H6F4O4. The van der Waals surface area contributed by atoms with Crippen molar-refractivity contribution in [3.63, 3.8) is 0 Å². The number of halogens is 4. The molecular weight excluding hydrogens is 248 g/mol. The fraction of sp³-hybridized carbons (Fsp3) is 0.222. The molecule has 1 rings (SSSR count). The van der Waals surface area contributed by atoms with Gasteiger partial charge in [0.25, 0.3) is 0 Å². The van der Waals surface area contributed by atoms with Gasteiger partial charge in [-0.25, -0.2) is 13.6 Å². The smallest absolute Gasteiger partial charge is 0.387 e. The standard InChI is InChI=1S/C9H6F4O4/c10-4-2-5(11)6(17-9(12)13)1-3(4)7(14)8(15)16/h1-2,7,9,14H,(H,15,16). The predicted molar refractivity (Wildman–Crippen MR) is 45.6 cm³/mol. The van der Waals surface area contributed by atoms with Crippen LogP contribution in [0.2, 0.25) is 0 Å². The molecule has 0 aliphatic carbocycles. The summed E-state index contributed by atoms with van der Waals surface area (Å²) in [6.07, 6.45) is -2.30. The third-order valence-corrected chi connectivity index (χ3v) is 1.80. The molecule has 0 heterocycles. The molecule has 1 aromatic carbocycles. The minimum atomic E-state index is -3.36. The van der Waals surface area contributed by atoms with Crippen LogP contribution in [0.5, 0.6) is 5.75 Å². The van der Waals surface area contributed by atoms with E-state index in [0.29, 0.717) is 6.07 Å². The van der Waals surface area contributed by atoms with Crippen molar-refractivity contribution in [2.75, 3.05) is 0 Å². The summed E-state index contributed by atoms with van der Waals surface area (Å²) in [5.74, 6) is -5.65. The van der Waals surface area contributed by atoms with Gasteiger partial charge in [-0.15, -0.1) is 0 Å². The first-order valence-electron chi connectivity index (χ1n) is 4.17. The minimum absolute atomic E-state index is 0.152. The van der Waals surface area contributed by atoms with Crippen LogP contribution in [0.1, 0.15) is 11.7 Å². The molecule has 17 heavy (non-hydrogen) atoms. The van der Waals surface area contributed by atoms with E-state index in [2.05, 4.69) is 4.74 Å². The zero-order chi connectivity index (χ0) is 13.2. The van der Waals surface area contributed by atoms with Gasteiger partial charge in [0, 0.05) is 11.6 Å². The third kappa shape index (κ3) is 3.06. The number of aliphatic hydroxyl groups is 1. The van der Waals surface area contributed by atoms with Gasteiger partial charge in [0.05, 0.1) is 0 Å². The van der Waals surface area contributed by atoms with E-state index in [1.807, 2.05) is 0 Å². The van der Waals surface area contributed by atoms with Crippen molar-refractivity contribution in [3.8, 4) is 5.75 Å². The normalized spacial score (nSPS) is 12.6. The molecule has 0 saturated heterocycles. The van der Waals surface area contributed by atoms with Crippen molar-refractivity contribution >= 4 is 5.97 Å². The van der Waals surface area contributed by atoms with Gasteiger partial charge < -0.3 is 14.9 Å². The first kappa shape index (κ1) is 13.2. The summed E-state index contributed by atoms with van der Waals surface area (Å²) in [4.78, 5) is 10.4. The number of hydrogen-bond acceptors (Lipinski definition) is 3. The Morgan fingerprint density at radius 3 is 2.29 bits per heavy atom. The molecule has 0 aliphatic heterocycles. The Balaban J connectivity index is 3.18. The number of carbonyl (C=O) groups is 1. The molecule has 8 heteroatoms. The van der Waals surface area contributed by atoms with Crippen molar-refractivity contribution in [1.29, 1.82) is 0 Å². The summed E-state index contributed by atoms with van der Waals surface area (Å²) in [7, 11) is 0. The van der Waals surface area contributed by atoms with E-state index < -0.39 is 41.6 Å². The summed E-state index contributed by atoms with van der Waals surface area (Å²) in [5.41, 5.74) is -0.866. The first-order chi connectivity index (χ1) is 7.82. The van der Waals surface area contributed by atoms with Crippen LogP contribution in [-0.2, 0) is 4.79 Å². The molecule has 0 aliphatic rings. The molecule has 0 fully saturated rings.